The molecule has 0 spiro atoms. The average Bonchev–Trinajstić information content (AvgIpc) is 3.36. The zero-order chi connectivity index (χ0) is 25.5. The van der Waals surface area contributed by atoms with Crippen molar-refractivity contribution in [3.05, 3.63) is 12.7 Å². The predicted octanol–water partition coefficient (Wildman–Crippen LogP) is -2.00. The molecule has 2 aromatic heterocycles. The lowest BCUT2D eigenvalue weighted by Crippen LogP contribution is -2.42. The van der Waals surface area contributed by atoms with Gasteiger partial charge in [-0.15, -0.1) is 12.4 Å². The highest BCUT2D eigenvalue weighted by Gasteiger charge is 2.44. The smallest absolute Gasteiger partial charge is 0.320 e. The quantitative estimate of drug-likeness (QED) is 0.0840. The van der Waals surface area contributed by atoms with Gasteiger partial charge in [0.25, 0.3) is 0 Å². The van der Waals surface area contributed by atoms with E-state index in [1.165, 1.54) is 17.2 Å². The largest absolute Gasteiger partial charge is 0.480 e. The number of aliphatic carboxylic acids is 1. The van der Waals surface area contributed by atoms with E-state index in [9.17, 15) is 15.0 Å². The van der Waals surface area contributed by atoms with Crippen molar-refractivity contribution in [1.82, 2.24) is 24.4 Å². The van der Waals surface area contributed by atoms with Crippen LogP contribution in [0.25, 0.3) is 11.2 Å². The van der Waals surface area contributed by atoms with Crippen molar-refractivity contribution < 1.29 is 24.9 Å². The van der Waals surface area contributed by atoms with Gasteiger partial charge < -0.3 is 47.9 Å². The average molecular weight is 531 g/mol. The molecule has 2 aromatic rings. The SMILES string of the molecule is Cl.NC(N)=NCCCCCN(CC[C@H](N)C(=O)O)C[C@H]1O[C@@H](n2cnc3c(N)ncnc32)[C@H](O)[C@@H]1O. The Balaban J connectivity index is 0.00000456. The maximum absolute atomic E-state index is 11.1. The lowest BCUT2D eigenvalue weighted by atomic mass is 10.1. The Bertz CT molecular complexity index is 1020. The molecule has 5 atom stereocenters. The van der Waals surface area contributed by atoms with Gasteiger partial charge in [-0.25, -0.2) is 15.0 Å². The Hall–Kier alpha value is -2.82. The number of rotatable bonds is 13. The fourth-order valence-corrected chi connectivity index (χ4v) is 3.99. The van der Waals surface area contributed by atoms with E-state index < -0.39 is 36.6 Å². The Labute approximate surface area is 213 Å². The Morgan fingerprint density at radius 3 is 2.61 bits per heavy atom. The van der Waals surface area contributed by atoms with Gasteiger partial charge in [0.2, 0.25) is 0 Å². The van der Waals surface area contributed by atoms with Crippen LogP contribution >= 0.6 is 12.4 Å². The van der Waals surface area contributed by atoms with E-state index in [1.54, 1.807) is 0 Å². The summed E-state index contributed by atoms with van der Waals surface area (Å²) >= 11 is 0. The second kappa shape index (κ2) is 13.5. The fraction of sp³-hybridized carbons (Fsp3) is 0.650. The van der Waals surface area contributed by atoms with Gasteiger partial charge in [-0.05, 0) is 25.8 Å². The summed E-state index contributed by atoms with van der Waals surface area (Å²) in [5.41, 5.74) is 22.9. The highest BCUT2D eigenvalue weighted by atomic mass is 35.5. The Morgan fingerprint density at radius 2 is 1.92 bits per heavy atom. The number of imidazole rings is 1. The molecule has 1 fully saturated rings. The molecule has 3 heterocycles. The Kier molecular flexibility index (Phi) is 11.0. The number of ether oxygens (including phenoxy) is 1. The number of hydrogen-bond acceptors (Lipinski definition) is 11. The van der Waals surface area contributed by atoms with Crippen LogP contribution < -0.4 is 22.9 Å². The van der Waals surface area contributed by atoms with Gasteiger partial charge in [0.15, 0.2) is 23.7 Å². The number of carbonyl (C=O) groups is 1. The second-order valence-electron chi connectivity index (χ2n) is 8.53. The topological polar surface area (TPSA) is 250 Å². The van der Waals surface area contributed by atoms with Crippen molar-refractivity contribution in [3.63, 3.8) is 0 Å². The third-order valence-electron chi connectivity index (χ3n) is 5.94. The molecule has 0 saturated carbocycles. The van der Waals surface area contributed by atoms with Gasteiger partial charge in [-0.1, -0.05) is 6.42 Å². The lowest BCUT2D eigenvalue weighted by Gasteiger charge is -2.27. The van der Waals surface area contributed by atoms with Crippen LogP contribution in [0.15, 0.2) is 17.6 Å². The number of nitrogen functional groups attached to an aromatic ring is 1. The van der Waals surface area contributed by atoms with Crippen LogP contribution in [-0.2, 0) is 9.53 Å². The summed E-state index contributed by atoms with van der Waals surface area (Å²) < 4.78 is 7.53. The van der Waals surface area contributed by atoms with E-state index in [4.69, 9.17) is 32.8 Å². The van der Waals surface area contributed by atoms with Crippen LogP contribution in [0.5, 0.6) is 0 Å². The molecule has 1 aliphatic heterocycles. The molecule has 15 nitrogen and oxygen atoms in total. The highest BCUT2D eigenvalue weighted by molar-refractivity contribution is 5.85. The standard InChI is InChI=1S/C20H34N10O5.ClH/c21-11(19(33)34)4-7-29(6-3-1-2-5-25-20(23)24)8-12-14(31)15(32)18(35-12)30-10-28-13-16(22)26-9-27-17(13)30;/h9-12,14-15,18,31-32H,1-8,21H2,(H,33,34)(H2,22,26,27)(H4,23,24,25);1H/t11-,12+,14+,15+,18+;/m0./s1. The number of carboxylic acids is 1. The van der Waals surface area contributed by atoms with E-state index in [0.29, 0.717) is 30.8 Å². The van der Waals surface area contributed by atoms with Crippen molar-refractivity contribution >= 4 is 41.3 Å². The zero-order valence-corrected chi connectivity index (χ0v) is 20.6. The number of unbranched alkanes of at least 4 members (excludes halogenated alkanes) is 2. The van der Waals surface area contributed by atoms with Crippen molar-refractivity contribution in [2.24, 2.45) is 22.2 Å². The molecule has 0 aromatic carbocycles. The minimum atomic E-state index is -1.24. The zero-order valence-electron chi connectivity index (χ0n) is 19.8. The van der Waals surface area contributed by atoms with Gasteiger partial charge in [-0.3, -0.25) is 14.4 Å². The van der Waals surface area contributed by atoms with Crippen LogP contribution in [0.1, 0.15) is 31.9 Å². The molecule has 1 aliphatic rings. The lowest BCUT2D eigenvalue weighted by molar-refractivity contribution is -0.138. The van der Waals surface area contributed by atoms with Gasteiger partial charge in [-0.2, -0.15) is 0 Å². The first-order valence-corrected chi connectivity index (χ1v) is 11.4. The maximum atomic E-state index is 11.1. The molecule has 202 valence electrons. The first-order valence-electron chi connectivity index (χ1n) is 11.4. The first kappa shape index (κ1) is 29.4. The van der Waals surface area contributed by atoms with E-state index in [1.807, 2.05) is 4.90 Å². The molecule has 1 saturated heterocycles. The number of guanidine groups is 1. The molecule has 16 heteroatoms. The molecule has 0 radical (unpaired) electrons. The number of carboxylic acid groups (broad SMARTS) is 1. The monoisotopic (exact) mass is 530 g/mol. The number of hydrogen-bond donors (Lipinski definition) is 7. The number of aliphatic hydroxyl groups is 2. The molecule has 3 rings (SSSR count). The number of nitrogens with two attached hydrogens (primary N) is 4. The van der Waals surface area contributed by atoms with Gasteiger partial charge in [0, 0.05) is 19.6 Å². The number of halogens is 1. The maximum Gasteiger partial charge on any atom is 0.320 e. The summed E-state index contributed by atoms with van der Waals surface area (Å²) in [4.78, 5) is 29.3. The summed E-state index contributed by atoms with van der Waals surface area (Å²) in [5.74, 6) is -0.836. The summed E-state index contributed by atoms with van der Waals surface area (Å²) in [6.07, 6.45) is 1.27. The van der Waals surface area contributed by atoms with Crippen molar-refractivity contribution in [2.75, 3.05) is 31.9 Å². The first-order chi connectivity index (χ1) is 16.7. The minimum Gasteiger partial charge on any atom is -0.480 e. The van der Waals surface area contributed by atoms with E-state index in [-0.39, 0.29) is 37.2 Å². The van der Waals surface area contributed by atoms with Crippen LogP contribution in [0.2, 0.25) is 0 Å². The van der Waals surface area contributed by atoms with Gasteiger partial charge in [0.1, 0.15) is 36.2 Å². The summed E-state index contributed by atoms with van der Waals surface area (Å²) in [6, 6.07) is -1.01. The molecule has 0 unspecified atom stereocenters. The van der Waals surface area contributed by atoms with Crippen LogP contribution in [0.4, 0.5) is 5.82 Å². The van der Waals surface area contributed by atoms with E-state index in [0.717, 1.165) is 19.3 Å². The summed E-state index contributed by atoms with van der Waals surface area (Å²) in [5, 5.41) is 30.5. The number of aliphatic imine (C=N–C) groups is 1. The van der Waals surface area contributed by atoms with Crippen LogP contribution in [0, 0.1) is 0 Å². The van der Waals surface area contributed by atoms with E-state index in [2.05, 4.69) is 19.9 Å². The number of nitrogens with zero attached hydrogens (tertiary/aromatic N) is 6. The number of anilines is 1. The van der Waals surface area contributed by atoms with Crippen LogP contribution in [0.3, 0.4) is 0 Å². The molecular weight excluding hydrogens is 496 g/mol. The molecule has 0 aliphatic carbocycles. The molecular formula is C20H35ClN10O5. The molecule has 11 N–H and O–H groups in total. The minimum absolute atomic E-state index is 0. The Morgan fingerprint density at radius 1 is 1.17 bits per heavy atom. The predicted molar refractivity (Wildman–Crippen MR) is 134 cm³/mol. The van der Waals surface area contributed by atoms with Crippen LogP contribution in [-0.4, -0.2) is 102 Å². The third-order valence-corrected chi connectivity index (χ3v) is 5.94. The second-order valence-corrected chi connectivity index (χ2v) is 8.53. The van der Waals surface area contributed by atoms with Gasteiger partial charge >= 0.3 is 5.97 Å². The summed E-state index contributed by atoms with van der Waals surface area (Å²) in [6.45, 7) is 1.78. The van der Waals surface area contributed by atoms with Crippen molar-refractivity contribution in [2.45, 2.75) is 56.3 Å². The van der Waals surface area contributed by atoms with Gasteiger partial charge in [0.05, 0.1) is 6.33 Å². The fourth-order valence-electron chi connectivity index (χ4n) is 3.99. The molecule has 36 heavy (non-hydrogen) atoms. The van der Waals surface area contributed by atoms with E-state index >= 15 is 0 Å². The van der Waals surface area contributed by atoms with Crippen molar-refractivity contribution in [1.29, 1.82) is 0 Å². The highest BCUT2D eigenvalue weighted by Crippen LogP contribution is 2.32. The summed E-state index contributed by atoms with van der Waals surface area (Å²) in [7, 11) is 0. The molecule has 0 bridgehead atoms. The number of fused-ring (bicyclic) bond motifs is 1. The number of aliphatic hydroxyl groups excluding tert-OH is 2. The third kappa shape index (κ3) is 7.35. The molecule has 0 amide bonds. The normalized spacial score (nSPS) is 22.4. The van der Waals surface area contributed by atoms with Crippen molar-refractivity contribution in [3.8, 4) is 0 Å². The number of aromatic nitrogens is 4.